The Hall–Kier alpha value is -3.32. The van der Waals surface area contributed by atoms with Crippen molar-refractivity contribution in [3.8, 4) is 16.9 Å². The van der Waals surface area contributed by atoms with Gasteiger partial charge in [0.05, 0.1) is 18.7 Å². The van der Waals surface area contributed by atoms with Gasteiger partial charge in [0.25, 0.3) is 5.56 Å². The Morgan fingerprint density at radius 3 is 2.63 bits per heavy atom. The first-order chi connectivity index (χ1) is 14.4. The number of methoxy groups -OCH3 is 1. The van der Waals surface area contributed by atoms with Crippen LogP contribution in [-0.4, -0.2) is 23.3 Å². The fourth-order valence-electron chi connectivity index (χ4n) is 3.97. The molecule has 1 unspecified atom stereocenters. The van der Waals surface area contributed by atoms with Gasteiger partial charge in [0.15, 0.2) is 0 Å². The second-order valence-corrected chi connectivity index (χ2v) is 8.09. The monoisotopic (exact) mass is 422 g/mol. The van der Waals surface area contributed by atoms with E-state index in [1.807, 2.05) is 55.6 Å². The molecule has 0 spiro atoms. The average molecular weight is 423 g/mol. The lowest BCUT2D eigenvalue weighted by molar-refractivity contribution is 0.189. The number of aromatic nitrogens is 1. The molecule has 2 aromatic carbocycles. The first-order valence-electron chi connectivity index (χ1n) is 9.65. The van der Waals surface area contributed by atoms with E-state index in [9.17, 15) is 9.59 Å². The molecule has 0 saturated heterocycles. The number of benzene rings is 2. The molecule has 0 radical (unpaired) electrons. The number of fused-ring (bicyclic) bond motifs is 3. The average Bonchev–Trinajstić information content (AvgIpc) is 3.23. The molecule has 0 aliphatic rings. The number of carboxylic acid groups (broad SMARTS) is 1. The predicted octanol–water partition coefficient (Wildman–Crippen LogP) is 5.45. The molecule has 30 heavy (non-hydrogen) atoms. The summed E-state index contributed by atoms with van der Waals surface area (Å²) < 4.78 is 6.40. The summed E-state index contributed by atoms with van der Waals surface area (Å²) in [7, 11) is 1.64. The Bertz CT molecular complexity index is 1310. The number of ether oxygens (including phenoxy) is 1. The van der Waals surface area contributed by atoms with Crippen molar-refractivity contribution >= 4 is 38.4 Å². The quantitative estimate of drug-likeness (QED) is 0.399. The molecule has 1 atom stereocenters. The van der Waals surface area contributed by atoms with Gasteiger partial charge >= 0.3 is 6.09 Å². The van der Waals surface area contributed by atoms with E-state index in [0.29, 0.717) is 11.1 Å². The number of carbonyl (C=O) groups is 1. The Labute approximate surface area is 177 Å². The molecular weight excluding hydrogens is 400 g/mol. The lowest BCUT2D eigenvalue weighted by Gasteiger charge is -2.18. The van der Waals surface area contributed by atoms with E-state index in [1.54, 1.807) is 7.11 Å². The first kappa shape index (κ1) is 20.0. The van der Waals surface area contributed by atoms with Crippen molar-refractivity contribution in [2.75, 3.05) is 7.11 Å². The largest absolute Gasteiger partial charge is 0.496 e. The molecule has 0 fully saturated rings. The topological polar surface area (TPSA) is 91.4 Å². The maximum Gasteiger partial charge on any atom is 0.405 e. The highest BCUT2D eigenvalue weighted by Crippen LogP contribution is 2.41. The van der Waals surface area contributed by atoms with E-state index in [-0.39, 0.29) is 11.6 Å². The minimum Gasteiger partial charge on any atom is -0.496 e. The number of nitrogens with one attached hydrogen (secondary N) is 2. The van der Waals surface area contributed by atoms with E-state index in [4.69, 9.17) is 9.84 Å². The molecule has 3 N–H and O–H groups in total. The molecule has 0 aliphatic carbocycles. The van der Waals surface area contributed by atoms with Crippen LogP contribution < -0.4 is 15.6 Å². The Balaban J connectivity index is 1.96. The predicted molar refractivity (Wildman–Crippen MR) is 121 cm³/mol. The number of thiophene rings is 1. The third-order valence-corrected chi connectivity index (χ3v) is 6.31. The van der Waals surface area contributed by atoms with Gasteiger partial charge in [0.1, 0.15) is 10.4 Å². The van der Waals surface area contributed by atoms with Crippen LogP contribution in [0.25, 0.3) is 32.1 Å². The molecule has 2 aromatic heterocycles. The van der Waals surface area contributed by atoms with Gasteiger partial charge in [-0.3, -0.25) is 4.79 Å². The SMILES string of the molecule is CCC(NC(=O)O)c1ccc(-c2c(OC)cc(C)c3[nH]c(=O)c4sccc4c23)cc1. The van der Waals surface area contributed by atoms with Gasteiger partial charge in [-0.15, -0.1) is 11.3 Å². The maximum atomic E-state index is 12.5. The van der Waals surface area contributed by atoms with E-state index in [2.05, 4.69) is 10.3 Å². The second-order valence-electron chi connectivity index (χ2n) is 7.17. The number of H-pyrrole nitrogens is 1. The number of hydrogen-bond acceptors (Lipinski definition) is 4. The summed E-state index contributed by atoms with van der Waals surface area (Å²) in [6, 6.07) is 11.4. The van der Waals surface area contributed by atoms with Gasteiger partial charge in [0, 0.05) is 16.3 Å². The molecular formula is C23H22N2O4S. The first-order valence-corrected chi connectivity index (χ1v) is 10.5. The standard InChI is InChI=1S/C23H22N2O4S/c1-4-16(24-23(27)28)13-5-7-14(8-6-13)18-17(29-3)11-12(2)20-19(18)15-9-10-30-21(15)22(26)25-20/h5-11,16,24H,4H2,1-3H3,(H,25,26)(H,27,28). The molecule has 1 amide bonds. The molecule has 2 heterocycles. The summed E-state index contributed by atoms with van der Waals surface area (Å²) in [6.07, 6.45) is -0.389. The highest BCUT2D eigenvalue weighted by atomic mass is 32.1. The Kier molecular flexibility index (Phi) is 5.22. The lowest BCUT2D eigenvalue weighted by atomic mass is 9.93. The molecule has 6 nitrogen and oxygen atoms in total. The molecule has 0 aliphatic heterocycles. The van der Waals surface area contributed by atoms with Crippen LogP contribution in [0.1, 0.15) is 30.5 Å². The minimum atomic E-state index is -1.04. The summed E-state index contributed by atoms with van der Waals surface area (Å²) in [5.41, 5.74) is 4.38. The van der Waals surface area contributed by atoms with Crippen LogP contribution in [0.2, 0.25) is 0 Å². The number of amides is 1. The van der Waals surface area contributed by atoms with Crippen molar-refractivity contribution in [3.63, 3.8) is 0 Å². The van der Waals surface area contributed by atoms with Crippen LogP contribution in [-0.2, 0) is 0 Å². The van der Waals surface area contributed by atoms with Gasteiger partial charge in [-0.05, 0) is 47.5 Å². The van der Waals surface area contributed by atoms with Crippen molar-refractivity contribution < 1.29 is 14.6 Å². The molecule has 7 heteroatoms. The molecule has 154 valence electrons. The van der Waals surface area contributed by atoms with Crippen LogP contribution in [0.15, 0.2) is 46.6 Å². The third-order valence-electron chi connectivity index (χ3n) is 5.40. The summed E-state index contributed by atoms with van der Waals surface area (Å²) >= 11 is 1.42. The van der Waals surface area contributed by atoms with Crippen molar-refractivity contribution in [1.29, 1.82) is 0 Å². The smallest absolute Gasteiger partial charge is 0.405 e. The van der Waals surface area contributed by atoms with Gasteiger partial charge in [0.2, 0.25) is 0 Å². The third kappa shape index (κ3) is 3.31. The van der Waals surface area contributed by atoms with Gasteiger partial charge in [-0.25, -0.2) is 4.79 Å². The van der Waals surface area contributed by atoms with Gasteiger partial charge < -0.3 is 20.1 Å². The summed E-state index contributed by atoms with van der Waals surface area (Å²) in [5.74, 6) is 0.725. The Morgan fingerprint density at radius 1 is 1.27 bits per heavy atom. The normalized spacial score (nSPS) is 12.2. The number of hydrogen-bond donors (Lipinski definition) is 3. The van der Waals surface area contributed by atoms with E-state index in [0.717, 1.165) is 44.3 Å². The highest BCUT2D eigenvalue weighted by molar-refractivity contribution is 7.17. The zero-order chi connectivity index (χ0) is 21.4. The fraction of sp³-hybridized carbons (Fsp3) is 0.217. The highest BCUT2D eigenvalue weighted by Gasteiger charge is 2.19. The van der Waals surface area contributed by atoms with Crippen LogP contribution in [0, 0.1) is 6.92 Å². The zero-order valence-corrected chi connectivity index (χ0v) is 17.7. The molecule has 4 aromatic rings. The second kappa shape index (κ2) is 7.84. The maximum absolute atomic E-state index is 12.5. The van der Waals surface area contributed by atoms with Crippen molar-refractivity contribution in [2.45, 2.75) is 26.3 Å². The van der Waals surface area contributed by atoms with Crippen LogP contribution in [0.5, 0.6) is 5.75 Å². The van der Waals surface area contributed by atoms with E-state index < -0.39 is 6.09 Å². The number of rotatable bonds is 5. The zero-order valence-electron chi connectivity index (χ0n) is 16.9. The molecule has 0 bridgehead atoms. The minimum absolute atomic E-state index is 0.0902. The number of aromatic amines is 1. The lowest BCUT2D eigenvalue weighted by Crippen LogP contribution is -2.26. The van der Waals surface area contributed by atoms with Crippen LogP contribution in [0.4, 0.5) is 4.79 Å². The fourth-order valence-corrected chi connectivity index (χ4v) is 4.76. The van der Waals surface area contributed by atoms with Crippen LogP contribution in [0.3, 0.4) is 0 Å². The molecule has 4 rings (SSSR count). The summed E-state index contributed by atoms with van der Waals surface area (Å²) in [6.45, 7) is 3.89. The van der Waals surface area contributed by atoms with Crippen molar-refractivity contribution in [3.05, 3.63) is 63.3 Å². The van der Waals surface area contributed by atoms with Gasteiger partial charge in [-0.1, -0.05) is 31.2 Å². The van der Waals surface area contributed by atoms with Crippen molar-refractivity contribution in [2.24, 2.45) is 0 Å². The van der Waals surface area contributed by atoms with Crippen molar-refractivity contribution in [1.82, 2.24) is 10.3 Å². The van der Waals surface area contributed by atoms with Crippen LogP contribution >= 0.6 is 11.3 Å². The van der Waals surface area contributed by atoms with Gasteiger partial charge in [-0.2, -0.15) is 0 Å². The summed E-state index contributed by atoms with van der Waals surface area (Å²) in [4.78, 5) is 26.6. The molecule has 0 saturated carbocycles. The van der Waals surface area contributed by atoms with E-state index >= 15 is 0 Å². The van der Waals surface area contributed by atoms with E-state index in [1.165, 1.54) is 11.3 Å². The number of aryl methyl sites for hydroxylation is 1. The Morgan fingerprint density at radius 2 is 2.00 bits per heavy atom. The summed E-state index contributed by atoms with van der Waals surface area (Å²) in [5, 5.41) is 15.4. The number of pyridine rings is 1.